The number of hydrogen-bond donors (Lipinski definition) is 3. The second-order valence-electron chi connectivity index (χ2n) is 5.80. The van der Waals surface area contributed by atoms with Gasteiger partial charge in [0.1, 0.15) is 11.3 Å². The van der Waals surface area contributed by atoms with Gasteiger partial charge in [-0.05, 0) is 43.3 Å². The van der Waals surface area contributed by atoms with Gasteiger partial charge in [0.15, 0.2) is 0 Å². The minimum absolute atomic E-state index is 0.107. The lowest BCUT2D eigenvalue weighted by molar-refractivity contribution is 0.0948. The first-order valence-corrected chi connectivity index (χ1v) is 8.46. The molecule has 4 N–H and O–H groups in total. The Morgan fingerprint density at radius 3 is 2.78 bits per heavy atom. The molecule has 0 saturated carbocycles. The molecule has 0 bridgehead atoms. The van der Waals surface area contributed by atoms with E-state index in [-0.39, 0.29) is 11.7 Å². The predicted octanol–water partition coefficient (Wildman–Crippen LogP) is 2.17. The van der Waals surface area contributed by atoms with E-state index >= 15 is 0 Å². The lowest BCUT2D eigenvalue weighted by Gasteiger charge is -2.11. The molecule has 0 atom stereocenters. The standard InChI is InChI=1S/C19H20N4O4/c1-26-16-8-7-12(11-14(16)18(24)21-10-4-9-20)22-19(25)17-13-5-2-3-6-15(13)23-27-17/h2-3,5-8,11H,4,9-10,20H2,1H3,(H,21,24)(H,22,25). The molecule has 8 heteroatoms. The summed E-state index contributed by atoms with van der Waals surface area (Å²) in [6, 6.07) is 11.9. The number of nitrogens with zero attached hydrogens (tertiary/aromatic N) is 1. The molecule has 8 nitrogen and oxygen atoms in total. The molecule has 140 valence electrons. The molecule has 0 aliphatic rings. The van der Waals surface area contributed by atoms with Crippen molar-refractivity contribution in [2.45, 2.75) is 6.42 Å². The molecule has 0 unspecified atom stereocenters. The predicted molar refractivity (Wildman–Crippen MR) is 101 cm³/mol. The van der Waals surface area contributed by atoms with E-state index in [0.29, 0.717) is 47.4 Å². The van der Waals surface area contributed by atoms with Gasteiger partial charge in [-0.3, -0.25) is 9.59 Å². The Hall–Kier alpha value is -3.39. The third-order valence-corrected chi connectivity index (χ3v) is 3.96. The van der Waals surface area contributed by atoms with Gasteiger partial charge in [-0.15, -0.1) is 0 Å². The number of amides is 2. The van der Waals surface area contributed by atoms with Gasteiger partial charge in [0, 0.05) is 12.2 Å². The molecule has 0 aliphatic heterocycles. The molecule has 2 amide bonds. The molecule has 0 aliphatic carbocycles. The Bertz CT molecular complexity index is 967. The summed E-state index contributed by atoms with van der Waals surface area (Å²) in [6.07, 6.45) is 0.670. The van der Waals surface area contributed by atoms with E-state index in [1.165, 1.54) is 7.11 Å². The van der Waals surface area contributed by atoms with Gasteiger partial charge in [0.25, 0.3) is 11.8 Å². The van der Waals surface area contributed by atoms with Crippen LogP contribution in [0.2, 0.25) is 0 Å². The Balaban J connectivity index is 1.81. The molecule has 1 aromatic heterocycles. The zero-order valence-electron chi connectivity index (χ0n) is 14.8. The first-order chi connectivity index (χ1) is 13.1. The van der Waals surface area contributed by atoms with Gasteiger partial charge in [0.05, 0.1) is 18.1 Å². The van der Waals surface area contributed by atoms with Crippen molar-refractivity contribution in [2.75, 3.05) is 25.5 Å². The fraction of sp³-hybridized carbons (Fsp3) is 0.211. The van der Waals surface area contributed by atoms with Crippen molar-refractivity contribution >= 4 is 28.4 Å². The maximum Gasteiger partial charge on any atom is 0.294 e. The summed E-state index contributed by atoms with van der Waals surface area (Å²) < 4.78 is 10.4. The first kappa shape index (κ1) is 18.4. The average molecular weight is 368 g/mol. The number of anilines is 1. The maximum absolute atomic E-state index is 12.5. The second kappa shape index (κ2) is 8.33. The van der Waals surface area contributed by atoms with E-state index in [9.17, 15) is 9.59 Å². The highest BCUT2D eigenvalue weighted by Gasteiger charge is 2.18. The van der Waals surface area contributed by atoms with Gasteiger partial charge in [-0.25, -0.2) is 0 Å². The van der Waals surface area contributed by atoms with E-state index < -0.39 is 5.91 Å². The highest BCUT2D eigenvalue weighted by molar-refractivity contribution is 6.10. The highest BCUT2D eigenvalue weighted by Crippen LogP contribution is 2.24. The van der Waals surface area contributed by atoms with Crippen LogP contribution in [0.3, 0.4) is 0 Å². The van der Waals surface area contributed by atoms with Crippen LogP contribution in [0, 0.1) is 0 Å². The smallest absolute Gasteiger partial charge is 0.294 e. The summed E-state index contributed by atoms with van der Waals surface area (Å²) in [5.74, 6) is -0.247. The molecular weight excluding hydrogens is 348 g/mol. The van der Waals surface area contributed by atoms with E-state index in [1.54, 1.807) is 36.4 Å². The van der Waals surface area contributed by atoms with Gasteiger partial charge in [0.2, 0.25) is 5.76 Å². The summed E-state index contributed by atoms with van der Waals surface area (Å²) in [6.45, 7) is 0.942. The molecule has 0 spiro atoms. The summed E-state index contributed by atoms with van der Waals surface area (Å²) in [7, 11) is 1.48. The molecule has 0 fully saturated rings. The number of nitrogens with two attached hydrogens (primary N) is 1. The fourth-order valence-corrected chi connectivity index (χ4v) is 2.60. The number of carbonyl (C=O) groups excluding carboxylic acids is 2. The third-order valence-electron chi connectivity index (χ3n) is 3.96. The highest BCUT2D eigenvalue weighted by atomic mass is 16.5. The van der Waals surface area contributed by atoms with Crippen LogP contribution in [0.15, 0.2) is 47.0 Å². The average Bonchev–Trinajstić information content (AvgIpc) is 3.12. The molecular formula is C19H20N4O4. The number of rotatable bonds is 7. The molecule has 0 radical (unpaired) electrons. The number of benzene rings is 2. The van der Waals surface area contributed by atoms with Crippen LogP contribution in [-0.2, 0) is 0 Å². The van der Waals surface area contributed by atoms with E-state index in [1.807, 2.05) is 6.07 Å². The zero-order chi connectivity index (χ0) is 19.2. The Labute approximate surface area is 155 Å². The minimum atomic E-state index is -0.455. The SMILES string of the molecule is COc1ccc(NC(=O)c2onc3ccccc23)cc1C(=O)NCCCN. The number of nitrogens with one attached hydrogen (secondary N) is 2. The number of methoxy groups -OCH3 is 1. The Morgan fingerprint density at radius 1 is 1.19 bits per heavy atom. The topological polar surface area (TPSA) is 119 Å². The van der Waals surface area contributed by atoms with Gasteiger partial charge in [-0.2, -0.15) is 0 Å². The molecule has 3 aromatic rings. The van der Waals surface area contributed by atoms with Crippen LogP contribution in [0.4, 0.5) is 5.69 Å². The van der Waals surface area contributed by atoms with E-state index in [0.717, 1.165) is 0 Å². The van der Waals surface area contributed by atoms with E-state index in [2.05, 4.69) is 15.8 Å². The molecule has 3 rings (SSSR count). The third kappa shape index (κ3) is 4.06. The van der Waals surface area contributed by atoms with Gasteiger partial charge >= 0.3 is 0 Å². The lowest BCUT2D eigenvalue weighted by atomic mass is 10.1. The first-order valence-electron chi connectivity index (χ1n) is 8.46. The van der Waals surface area contributed by atoms with Gasteiger partial charge in [-0.1, -0.05) is 17.3 Å². The number of ether oxygens (including phenoxy) is 1. The molecule has 27 heavy (non-hydrogen) atoms. The zero-order valence-corrected chi connectivity index (χ0v) is 14.8. The van der Waals surface area contributed by atoms with Crippen molar-refractivity contribution in [3.63, 3.8) is 0 Å². The normalized spacial score (nSPS) is 10.6. The fourth-order valence-electron chi connectivity index (χ4n) is 2.60. The maximum atomic E-state index is 12.5. The van der Waals surface area contributed by atoms with Crippen LogP contribution in [0.1, 0.15) is 27.3 Å². The molecule has 0 saturated heterocycles. The van der Waals surface area contributed by atoms with E-state index in [4.69, 9.17) is 15.0 Å². The number of aromatic nitrogens is 1. The summed E-state index contributed by atoms with van der Waals surface area (Å²) in [5.41, 5.74) is 6.78. The van der Waals surface area contributed by atoms with Crippen molar-refractivity contribution in [3.05, 3.63) is 53.8 Å². The van der Waals surface area contributed by atoms with Crippen LogP contribution in [0.5, 0.6) is 5.75 Å². The van der Waals surface area contributed by atoms with Crippen LogP contribution >= 0.6 is 0 Å². The Kier molecular flexibility index (Phi) is 5.68. The summed E-state index contributed by atoms with van der Waals surface area (Å²) >= 11 is 0. The Morgan fingerprint density at radius 2 is 2.00 bits per heavy atom. The van der Waals surface area contributed by atoms with Crippen LogP contribution in [-0.4, -0.2) is 37.2 Å². The number of hydrogen-bond acceptors (Lipinski definition) is 6. The van der Waals surface area contributed by atoms with Gasteiger partial charge < -0.3 is 25.6 Å². The van der Waals surface area contributed by atoms with Crippen molar-refractivity contribution in [1.29, 1.82) is 0 Å². The monoisotopic (exact) mass is 368 g/mol. The number of fused-ring (bicyclic) bond motifs is 1. The lowest BCUT2D eigenvalue weighted by Crippen LogP contribution is -2.26. The van der Waals surface area contributed by atoms with Crippen LogP contribution in [0.25, 0.3) is 10.9 Å². The summed E-state index contributed by atoms with van der Waals surface area (Å²) in [4.78, 5) is 24.9. The second-order valence-corrected chi connectivity index (χ2v) is 5.80. The minimum Gasteiger partial charge on any atom is -0.496 e. The molecule has 1 heterocycles. The number of carbonyl (C=O) groups is 2. The van der Waals surface area contributed by atoms with Crippen molar-refractivity contribution < 1.29 is 18.8 Å². The molecule has 2 aromatic carbocycles. The quantitative estimate of drug-likeness (QED) is 0.550. The largest absolute Gasteiger partial charge is 0.496 e. The van der Waals surface area contributed by atoms with Crippen molar-refractivity contribution in [3.8, 4) is 5.75 Å². The summed E-state index contributed by atoms with van der Waals surface area (Å²) in [5, 5.41) is 9.97. The van der Waals surface area contributed by atoms with Crippen molar-refractivity contribution in [1.82, 2.24) is 10.5 Å². The van der Waals surface area contributed by atoms with Crippen LogP contribution < -0.4 is 21.1 Å². The van der Waals surface area contributed by atoms with Crippen molar-refractivity contribution in [2.24, 2.45) is 5.73 Å².